The first-order valence-corrected chi connectivity index (χ1v) is 9.62. The van der Waals surface area contributed by atoms with Gasteiger partial charge in [0.15, 0.2) is 0 Å². The summed E-state index contributed by atoms with van der Waals surface area (Å²) in [5.41, 5.74) is 0. The van der Waals surface area contributed by atoms with Gasteiger partial charge in [-0.05, 0) is 0 Å². The van der Waals surface area contributed by atoms with E-state index in [1.54, 1.807) is 0 Å². The molecule has 0 radical (unpaired) electrons. The molecule has 6 heteroatoms. The van der Waals surface area contributed by atoms with Crippen LogP contribution in [0, 0.1) is 0 Å². The van der Waals surface area contributed by atoms with Crippen LogP contribution in [0.15, 0.2) is 0 Å². The van der Waals surface area contributed by atoms with E-state index in [4.69, 9.17) is 22.4 Å². The molecule has 2 saturated heterocycles. The molecule has 2 rings (SSSR count). The lowest BCUT2D eigenvalue weighted by Gasteiger charge is -2.04. The van der Waals surface area contributed by atoms with Gasteiger partial charge in [0, 0.05) is 0 Å². The monoisotopic (exact) mass is 205 g/mol. The smallest absolute Gasteiger partial charge is 0.0972 e. The van der Waals surface area contributed by atoms with E-state index >= 15 is 0 Å². The highest BCUT2D eigenvalue weighted by Gasteiger charge is 2.62. The molecule has 42 valence electrons. The Morgan fingerprint density at radius 2 is 1.86 bits per heavy atom. The Morgan fingerprint density at radius 1 is 1.43 bits per heavy atom. The summed E-state index contributed by atoms with van der Waals surface area (Å²) < 4.78 is 0.908. The average molecular weight is 205 g/mol. The maximum absolute atomic E-state index is 4.96. The standard InChI is InChI=1S/CHS6/c2-6(3)7-1(4-7)5-7/h1H/q-1. The molecule has 7 heavy (non-hydrogen) atoms. The van der Waals surface area contributed by atoms with Crippen LogP contribution in [0.3, 0.4) is 0 Å². The van der Waals surface area contributed by atoms with Gasteiger partial charge < -0.3 is 0 Å². The molecule has 0 nitrogen and oxygen atoms in total. The van der Waals surface area contributed by atoms with Gasteiger partial charge in [-0.15, -0.1) is 0 Å². The topological polar surface area (TPSA) is 0 Å². The molecule has 2 heterocycles. The second-order valence-electron chi connectivity index (χ2n) is 1.18. The zero-order valence-electron chi connectivity index (χ0n) is 3.03. The average Bonchev–Trinajstić information content (AvgIpc) is 2.04. The fraction of sp³-hybridized carbons (Fsp3) is 1.00. The second-order valence-corrected chi connectivity index (χ2v) is 18.0. The van der Waals surface area contributed by atoms with Gasteiger partial charge in [0.1, 0.15) is 0 Å². The van der Waals surface area contributed by atoms with Gasteiger partial charge in [-0.25, -0.2) is 22.4 Å². The lowest BCUT2D eigenvalue weighted by molar-refractivity contribution is 2.27. The fourth-order valence-corrected chi connectivity index (χ4v) is 20.5. The molecule has 0 saturated carbocycles. The summed E-state index contributed by atoms with van der Waals surface area (Å²) in [4.78, 5) is 0. The molecular weight excluding hydrogens is 204 g/mol. The fourth-order valence-electron chi connectivity index (χ4n) is 0.309. The second kappa shape index (κ2) is 1.46. The van der Waals surface area contributed by atoms with E-state index in [2.05, 4.69) is 0 Å². The Balaban J connectivity index is 2.37. The summed E-state index contributed by atoms with van der Waals surface area (Å²) in [5.74, 6) is 0. The SMILES string of the molecule is S=[S-](=S)S12SC1S2. The van der Waals surface area contributed by atoms with E-state index in [9.17, 15) is 0 Å². The molecule has 0 spiro atoms. The maximum Gasteiger partial charge on any atom is 0.0972 e. The number of fused-ring (bicyclic) bond motifs is 1. The van der Waals surface area contributed by atoms with E-state index in [0.717, 1.165) is 3.91 Å². The zero-order valence-corrected chi connectivity index (χ0v) is 7.93. The third-order valence-corrected chi connectivity index (χ3v) is 23.5. The Morgan fingerprint density at radius 3 is 1.86 bits per heavy atom. The highest BCUT2D eigenvalue weighted by molar-refractivity contribution is 9.70. The highest BCUT2D eigenvalue weighted by Crippen LogP contribution is 3.12. The molecule has 2 aliphatic heterocycles. The minimum Gasteiger partial charge on any atom is -0.287 e. The summed E-state index contributed by atoms with van der Waals surface area (Å²) in [6.45, 7) is 0. The van der Waals surface area contributed by atoms with Crippen molar-refractivity contribution in [1.29, 1.82) is 0 Å². The molecule has 0 N–H and O–H groups in total. The first-order valence-electron chi connectivity index (χ1n) is 1.54. The van der Waals surface area contributed by atoms with Crippen molar-refractivity contribution in [3.8, 4) is 0 Å². The molecule has 2 fully saturated rings. The third kappa shape index (κ3) is 0.679. The van der Waals surface area contributed by atoms with E-state index in [0.29, 0.717) is 0 Å². The van der Waals surface area contributed by atoms with Crippen molar-refractivity contribution in [2.45, 2.75) is 3.91 Å². The highest BCUT2D eigenvalue weighted by atomic mass is 34.0. The normalized spacial score (nSPS) is 63.3. The number of rotatable bonds is 1. The van der Waals surface area contributed by atoms with Crippen molar-refractivity contribution in [1.82, 2.24) is 0 Å². The van der Waals surface area contributed by atoms with Crippen LogP contribution in [0.1, 0.15) is 0 Å². The zero-order chi connectivity index (χ0) is 5.07. The lowest BCUT2D eigenvalue weighted by Crippen LogP contribution is -1.50. The molecule has 0 aromatic carbocycles. The van der Waals surface area contributed by atoms with Crippen molar-refractivity contribution < 1.29 is 0 Å². The van der Waals surface area contributed by atoms with Gasteiger partial charge in [0.05, 0.1) is 3.91 Å². The summed E-state index contributed by atoms with van der Waals surface area (Å²) in [7, 11) is 3.65. The molecule has 2 aliphatic rings. The van der Waals surface area contributed by atoms with Crippen LogP contribution >= 0.6 is 28.7 Å². The quantitative estimate of drug-likeness (QED) is 0.364. The lowest BCUT2D eigenvalue weighted by atomic mass is 11.9. The molecule has 0 atom stereocenters. The van der Waals surface area contributed by atoms with Crippen molar-refractivity contribution in [3.05, 3.63) is 0 Å². The van der Waals surface area contributed by atoms with E-state index < -0.39 is 0 Å². The van der Waals surface area contributed by atoms with Crippen LogP contribution < -0.4 is 0 Å². The van der Waals surface area contributed by atoms with Gasteiger partial charge in [-0.2, -0.15) is 7.12 Å². The minimum absolute atomic E-state index is 0.0718. The van der Waals surface area contributed by atoms with Gasteiger partial charge in [-0.1, -0.05) is 21.6 Å². The summed E-state index contributed by atoms with van der Waals surface area (Å²) in [6, 6.07) is 0. The third-order valence-electron chi connectivity index (χ3n) is 0.775. The van der Waals surface area contributed by atoms with Gasteiger partial charge in [0.2, 0.25) is 0 Å². The number of hydrogen-bond donors (Lipinski definition) is 0. The Hall–Kier alpha value is 1.84. The number of hydrogen-bond acceptors (Lipinski definition) is 5. The van der Waals surface area contributed by atoms with Gasteiger partial charge in [-0.3, -0.25) is 7.05 Å². The summed E-state index contributed by atoms with van der Waals surface area (Å²) >= 11 is 9.92. The van der Waals surface area contributed by atoms with Crippen molar-refractivity contribution in [2.24, 2.45) is 0 Å². The molecule has 0 amide bonds. The van der Waals surface area contributed by atoms with Crippen LogP contribution in [-0.4, -0.2) is 3.91 Å². The van der Waals surface area contributed by atoms with Crippen LogP contribution in [-0.2, 0) is 29.4 Å². The van der Waals surface area contributed by atoms with Crippen molar-refractivity contribution in [3.63, 3.8) is 0 Å². The molecule has 0 aromatic rings. The first kappa shape index (κ1) is 5.61. The van der Waals surface area contributed by atoms with E-state index in [1.165, 1.54) is 0 Å². The van der Waals surface area contributed by atoms with Crippen LogP contribution in [0.25, 0.3) is 0 Å². The maximum atomic E-state index is 4.96. The molecule has 0 aromatic heterocycles. The largest absolute Gasteiger partial charge is 0.287 e. The van der Waals surface area contributed by atoms with Crippen molar-refractivity contribution >= 4 is 58.1 Å². The van der Waals surface area contributed by atoms with Crippen LogP contribution in [0.4, 0.5) is 0 Å². The first-order chi connectivity index (χ1) is 3.26. The predicted molar refractivity (Wildman–Crippen MR) is 48.7 cm³/mol. The molecule has 0 bridgehead atoms. The Bertz CT molecular complexity index is 163. The van der Waals surface area contributed by atoms with Crippen LogP contribution in [0.5, 0.6) is 0 Å². The van der Waals surface area contributed by atoms with E-state index in [-0.39, 0.29) is 14.2 Å². The summed E-state index contributed by atoms with van der Waals surface area (Å²) in [5, 5.41) is 0. The molecule has 0 aliphatic carbocycles. The van der Waals surface area contributed by atoms with Crippen molar-refractivity contribution in [2.75, 3.05) is 0 Å². The van der Waals surface area contributed by atoms with Gasteiger partial charge in [0.25, 0.3) is 0 Å². The van der Waals surface area contributed by atoms with Crippen LogP contribution in [0.2, 0.25) is 0 Å². The molecule has 0 unspecified atom stereocenters. The summed E-state index contributed by atoms with van der Waals surface area (Å²) in [6.07, 6.45) is 0. The predicted octanol–water partition coefficient (Wildman–Crippen LogP) is 1.86. The van der Waals surface area contributed by atoms with E-state index in [1.807, 2.05) is 21.6 Å². The van der Waals surface area contributed by atoms with Gasteiger partial charge >= 0.3 is 0 Å². The Kier molecular flexibility index (Phi) is 1.17. The minimum atomic E-state index is -0.333. The Labute approximate surface area is 61.5 Å². The molecular formula is CHS6-.